The van der Waals surface area contributed by atoms with E-state index in [1.54, 1.807) is 18.2 Å². The molecule has 0 saturated heterocycles. The van der Waals surface area contributed by atoms with Crippen LogP contribution in [0.15, 0.2) is 18.2 Å². The molecule has 21 heavy (non-hydrogen) atoms. The maximum absolute atomic E-state index is 9.78. The summed E-state index contributed by atoms with van der Waals surface area (Å²) in [7, 11) is 0. The predicted molar refractivity (Wildman–Crippen MR) is 82.6 cm³/mol. The van der Waals surface area contributed by atoms with Gasteiger partial charge in [0.25, 0.3) is 0 Å². The number of nitriles is 1. The van der Waals surface area contributed by atoms with Crippen LogP contribution in [0.4, 0.5) is 5.69 Å². The Morgan fingerprint density at radius 3 is 2.76 bits per heavy atom. The molecular formula is C15H21ClN2O3. The molecule has 6 heteroatoms. The van der Waals surface area contributed by atoms with Gasteiger partial charge < -0.3 is 19.9 Å². The maximum atomic E-state index is 9.78. The summed E-state index contributed by atoms with van der Waals surface area (Å²) < 4.78 is 10.6. The Bertz CT molecular complexity index is 474. The Morgan fingerprint density at radius 2 is 2.14 bits per heavy atom. The van der Waals surface area contributed by atoms with Crippen molar-refractivity contribution in [1.82, 2.24) is 0 Å². The number of aliphatic hydroxyl groups is 1. The Hall–Kier alpha value is -1.32. The van der Waals surface area contributed by atoms with E-state index in [9.17, 15) is 5.11 Å². The van der Waals surface area contributed by atoms with Crippen LogP contribution in [-0.2, 0) is 9.47 Å². The van der Waals surface area contributed by atoms with Crippen LogP contribution in [0.5, 0.6) is 0 Å². The van der Waals surface area contributed by atoms with Gasteiger partial charge in [-0.3, -0.25) is 0 Å². The number of ether oxygens (including phenoxy) is 2. The Labute approximate surface area is 130 Å². The van der Waals surface area contributed by atoms with Gasteiger partial charge in [0, 0.05) is 12.2 Å². The average Bonchev–Trinajstić information content (AvgIpc) is 2.44. The van der Waals surface area contributed by atoms with Gasteiger partial charge in [0.2, 0.25) is 0 Å². The molecule has 0 saturated carbocycles. The highest BCUT2D eigenvalue weighted by molar-refractivity contribution is 6.32. The lowest BCUT2D eigenvalue weighted by Crippen LogP contribution is -2.25. The van der Waals surface area contributed by atoms with Gasteiger partial charge in [0.1, 0.15) is 6.07 Å². The lowest BCUT2D eigenvalue weighted by atomic mass is 10.2. The SMILES string of the molecule is CC(C)OCCOCC(O)CNc1ccc(C#N)c(Cl)c1. The van der Waals surface area contributed by atoms with Crippen LogP contribution in [0, 0.1) is 11.3 Å². The molecule has 0 aliphatic carbocycles. The summed E-state index contributed by atoms with van der Waals surface area (Å²) in [4.78, 5) is 0. The van der Waals surface area contributed by atoms with Crippen LogP contribution in [0.3, 0.4) is 0 Å². The highest BCUT2D eigenvalue weighted by atomic mass is 35.5. The van der Waals surface area contributed by atoms with Crippen molar-refractivity contribution in [3.63, 3.8) is 0 Å². The second kappa shape index (κ2) is 9.59. The first kappa shape index (κ1) is 17.7. The standard InChI is InChI=1S/C15H21ClN2O3/c1-11(2)21-6-5-20-10-14(19)9-18-13-4-3-12(8-17)15(16)7-13/h3-4,7,11,14,18-19H,5-6,9-10H2,1-2H3. The van der Waals surface area contributed by atoms with E-state index in [1.165, 1.54) is 0 Å². The number of anilines is 1. The van der Waals surface area contributed by atoms with Gasteiger partial charge in [0.15, 0.2) is 0 Å². The lowest BCUT2D eigenvalue weighted by molar-refractivity contribution is -0.00734. The summed E-state index contributed by atoms with van der Waals surface area (Å²) in [6.07, 6.45) is -0.445. The van der Waals surface area contributed by atoms with Crippen molar-refractivity contribution in [2.75, 3.05) is 31.7 Å². The molecule has 0 aromatic heterocycles. The van der Waals surface area contributed by atoms with E-state index in [4.69, 9.17) is 26.3 Å². The molecule has 2 N–H and O–H groups in total. The highest BCUT2D eigenvalue weighted by Gasteiger charge is 2.06. The first-order valence-electron chi connectivity index (χ1n) is 6.84. The summed E-state index contributed by atoms with van der Waals surface area (Å²) >= 11 is 5.93. The van der Waals surface area contributed by atoms with Crippen molar-refractivity contribution < 1.29 is 14.6 Å². The summed E-state index contributed by atoms with van der Waals surface area (Å²) in [6, 6.07) is 7.03. The molecule has 1 aromatic carbocycles. The molecule has 5 nitrogen and oxygen atoms in total. The Balaban J connectivity index is 2.22. The molecule has 1 atom stereocenters. The van der Waals surface area contributed by atoms with Gasteiger partial charge in [-0.15, -0.1) is 0 Å². The first-order valence-corrected chi connectivity index (χ1v) is 7.21. The predicted octanol–water partition coefficient (Wildman–Crippen LogP) is 2.43. The largest absolute Gasteiger partial charge is 0.389 e. The monoisotopic (exact) mass is 312 g/mol. The van der Waals surface area contributed by atoms with Crippen molar-refractivity contribution in [3.05, 3.63) is 28.8 Å². The van der Waals surface area contributed by atoms with Crippen LogP contribution < -0.4 is 5.32 Å². The minimum absolute atomic E-state index is 0.182. The minimum atomic E-state index is -0.626. The number of nitrogens with zero attached hydrogens (tertiary/aromatic N) is 1. The molecule has 0 bridgehead atoms. The van der Waals surface area contributed by atoms with Crippen LogP contribution in [0.1, 0.15) is 19.4 Å². The van der Waals surface area contributed by atoms with Crippen molar-refractivity contribution >= 4 is 17.3 Å². The van der Waals surface area contributed by atoms with Gasteiger partial charge in [-0.1, -0.05) is 11.6 Å². The molecule has 0 fully saturated rings. The topological polar surface area (TPSA) is 74.5 Å². The number of hydrogen-bond donors (Lipinski definition) is 2. The van der Waals surface area contributed by atoms with Crippen molar-refractivity contribution in [1.29, 1.82) is 5.26 Å². The van der Waals surface area contributed by atoms with Gasteiger partial charge in [0.05, 0.1) is 42.6 Å². The minimum Gasteiger partial charge on any atom is -0.389 e. The fourth-order valence-electron chi connectivity index (χ4n) is 1.57. The molecule has 0 radical (unpaired) electrons. The van der Waals surface area contributed by atoms with Gasteiger partial charge in [-0.05, 0) is 32.0 Å². The second-order valence-electron chi connectivity index (χ2n) is 4.84. The zero-order valence-electron chi connectivity index (χ0n) is 12.3. The van der Waals surface area contributed by atoms with Gasteiger partial charge >= 0.3 is 0 Å². The summed E-state index contributed by atoms with van der Waals surface area (Å²) in [5.74, 6) is 0. The fraction of sp³-hybridized carbons (Fsp3) is 0.533. The second-order valence-corrected chi connectivity index (χ2v) is 5.24. The molecule has 0 aliphatic heterocycles. The van der Waals surface area contributed by atoms with Gasteiger partial charge in [-0.25, -0.2) is 0 Å². The maximum Gasteiger partial charge on any atom is 0.101 e. The highest BCUT2D eigenvalue weighted by Crippen LogP contribution is 2.20. The molecule has 0 aliphatic rings. The summed E-state index contributed by atoms with van der Waals surface area (Å²) in [5, 5.41) is 22.0. The fourth-order valence-corrected chi connectivity index (χ4v) is 1.80. The van der Waals surface area contributed by atoms with E-state index >= 15 is 0 Å². The zero-order valence-corrected chi connectivity index (χ0v) is 13.1. The van der Waals surface area contributed by atoms with Crippen molar-refractivity contribution in [2.24, 2.45) is 0 Å². The summed E-state index contributed by atoms with van der Waals surface area (Å²) in [5.41, 5.74) is 1.18. The van der Waals surface area contributed by atoms with Crippen LogP contribution in [-0.4, -0.2) is 43.7 Å². The first-order chi connectivity index (χ1) is 10.0. The third kappa shape index (κ3) is 7.30. The number of aliphatic hydroxyl groups excluding tert-OH is 1. The number of hydrogen-bond acceptors (Lipinski definition) is 5. The molecule has 116 valence electrons. The number of halogens is 1. The normalized spacial score (nSPS) is 12.2. The number of rotatable bonds is 9. The van der Waals surface area contributed by atoms with Gasteiger partial charge in [-0.2, -0.15) is 5.26 Å². The Morgan fingerprint density at radius 1 is 1.38 bits per heavy atom. The van der Waals surface area contributed by atoms with Crippen LogP contribution in [0.2, 0.25) is 5.02 Å². The average molecular weight is 313 g/mol. The van der Waals surface area contributed by atoms with Crippen molar-refractivity contribution in [2.45, 2.75) is 26.1 Å². The van der Waals surface area contributed by atoms with E-state index in [0.29, 0.717) is 30.3 Å². The third-order valence-corrected chi connectivity index (χ3v) is 2.93. The molecule has 1 aromatic rings. The van der Waals surface area contributed by atoms with Crippen LogP contribution >= 0.6 is 11.6 Å². The van der Waals surface area contributed by atoms with E-state index < -0.39 is 6.10 Å². The van der Waals surface area contributed by atoms with E-state index in [-0.39, 0.29) is 12.7 Å². The lowest BCUT2D eigenvalue weighted by Gasteiger charge is -2.14. The smallest absolute Gasteiger partial charge is 0.101 e. The molecule has 0 heterocycles. The number of nitrogens with one attached hydrogen (secondary N) is 1. The summed E-state index contributed by atoms with van der Waals surface area (Å²) in [6.45, 7) is 5.47. The Kier molecular flexibility index (Phi) is 8.09. The molecule has 1 unspecified atom stereocenters. The molecule has 1 rings (SSSR count). The van der Waals surface area contributed by atoms with E-state index in [2.05, 4.69) is 5.32 Å². The molecular weight excluding hydrogens is 292 g/mol. The quantitative estimate of drug-likeness (QED) is 0.685. The zero-order chi connectivity index (χ0) is 15.7. The van der Waals surface area contributed by atoms with E-state index in [0.717, 1.165) is 5.69 Å². The molecule has 0 amide bonds. The number of benzene rings is 1. The third-order valence-electron chi connectivity index (χ3n) is 2.62. The van der Waals surface area contributed by atoms with E-state index in [1.807, 2.05) is 19.9 Å². The molecule has 0 spiro atoms. The van der Waals surface area contributed by atoms with Crippen LogP contribution in [0.25, 0.3) is 0 Å². The van der Waals surface area contributed by atoms with Crippen molar-refractivity contribution in [3.8, 4) is 6.07 Å².